The minimum absolute atomic E-state index is 0.00207. The molecule has 0 fully saturated rings. The van der Waals surface area contributed by atoms with E-state index in [2.05, 4.69) is 5.32 Å². The van der Waals surface area contributed by atoms with Gasteiger partial charge in [-0.2, -0.15) is 0 Å². The zero-order valence-corrected chi connectivity index (χ0v) is 13.8. The third-order valence-corrected chi connectivity index (χ3v) is 4.35. The van der Waals surface area contributed by atoms with Crippen molar-refractivity contribution < 1.29 is 18.0 Å². The normalized spacial score (nSPS) is 14.2. The molecular formula is C16H17N3O4S. The minimum Gasteiger partial charge on any atom is -0.340 e. The fourth-order valence-corrected chi connectivity index (χ4v) is 2.69. The number of nitrogens with one attached hydrogen (secondary N) is 1. The molecule has 0 unspecified atom stereocenters. The van der Waals surface area contributed by atoms with E-state index in [1.165, 1.54) is 31.4 Å². The summed E-state index contributed by atoms with van der Waals surface area (Å²) in [7, 11) is -2.43. The number of hydrogen-bond acceptors (Lipinski definition) is 4. The van der Waals surface area contributed by atoms with Crippen molar-refractivity contribution in [2.75, 3.05) is 7.05 Å². The summed E-state index contributed by atoms with van der Waals surface area (Å²) in [5.74, 6) is -0.529. The van der Waals surface area contributed by atoms with E-state index >= 15 is 0 Å². The molecule has 3 amide bonds. The molecule has 0 aromatic heterocycles. The van der Waals surface area contributed by atoms with Gasteiger partial charge in [0.2, 0.25) is 10.0 Å². The van der Waals surface area contributed by atoms with Crippen LogP contribution in [0.15, 0.2) is 65.2 Å². The van der Waals surface area contributed by atoms with Gasteiger partial charge in [0.05, 0.1) is 10.6 Å². The molecule has 0 saturated heterocycles. The molecule has 0 saturated carbocycles. The Labute approximate surface area is 140 Å². The highest BCUT2D eigenvalue weighted by Gasteiger charge is 2.25. The zero-order chi connectivity index (χ0) is 17.7. The highest BCUT2D eigenvalue weighted by molar-refractivity contribution is 7.93. The van der Waals surface area contributed by atoms with Crippen LogP contribution in [0.4, 0.5) is 4.79 Å². The summed E-state index contributed by atoms with van der Waals surface area (Å²) < 4.78 is 22.9. The second-order valence-electron chi connectivity index (χ2n) is 4.94. The number of carbonyl (C=O) groups is 2. The number of hydrogen-bond donors (Lipinski definition) is 2. The molecule has 1 aliphatic carbocycles. The van der Waals surface area contributed by atoms with E-state index in [4.69, 9.17) is 5.14 Å². The van der Waals surface area contributed by atoms with Gasteiger partial charge in [0.25, 0.3) is 5.91 Å². The maximum Gasteiger partial charge on any atom is 0.328 e. The van der Waals surface area contributed by atoms with Crippen LogP contribution in [-0.2, 0) is 10.0 Å². The lowest BCUT2D eigenvalue weighted by Crippen LogP contribution is -2.41. The maximum absolute atomic E-state index is 12.7. The highest BCUT2D eigenvalue weighted by atomic mass is 32.2. The molecule has 0 aliphatic heterocycles. The van der Waals surface area contributed by atoms with Crippen LogP contribution in [-0.4, -0.2) is 32.3 Å². The number of nitrogens with zero attached hydrogens (tertiary/aromatic N) is 1. The predicted octanol–water partition coefficient (Wildman–Crippen LogP) is 1.48. The quantitative estimate of drug-likeness (QED) is 0.863. The molecule has 7 nitrogen and oxygen atoms in total. The van der Waals surface area contributed by atoms with Crippen LogP contribution in [0.3, 0.4) is 0 Å². The first-order valence-corrected chi connectivity index (χ1v) is 8.60. The van der Waals surface area contributed by atoms with Crippen LogP contribution >= 0.6 is 0 Å². The smallest absolute Gasteiger partial charge is 0.328 e. The first kappa shape index (κ1) is 17.6. The van der Waals surface area contributed by atoms with Gasteiger partial charge in [-0.25, -0.2) is 23.3 Å². The van der Waals surface area contributed by atoms with Gasteiger partial charge in [0.1, 0.15) is 0 Å². The highest BCUT2D eigenvalue weighted by Crippen LogP contribution is 2.19. The SMILES string of the molecule is CNC(=O)N(C(=O)c1ccccc1)C1=CC=C(S(N)(=O)=O)CC=C1. The summed E-state index contributed by atoms with van der Waals surface area (Å²) >= 11 is 0. The molecule has 0 spiro atoms. The number of urea groups is 1. The summed E-state index contributed by atoms with van der Waals surface area (Å²) in [5, 5.41) is 7.52. The molecule has 8 heteroatoms. The van der Waals surface area contributed by atoms with Crippen molar-refractivity contribution in [2.24, 2.45) is 5.14 Å². The van der Waals surface area contributed by atoms with E-state index in [1.54, 1.807) is 30.3 Å². The van der Waals surface area contributed by atoms with Crippen molar-refractivity contribution in [2.45, 2.75) is 6.42 Å². The van der Waals surface area contributed by atoms with E-state index in [-0.39, 0.29) is 17.0 Å². The van der Waals surface area contributed by atoms with Gasteiger partial charge >= 0.3 is 6.03 Å². The molecular weight excluding hydrogens is 330 g/mol. The second kappa shape index (κ2) is 7.24. The molecule has 3 N–H and O–H groups in total. The standard InChI is InChI=1S/C16H17N3O4S/c1-18-16(21)19(15(20)12-6-3-2-4-7-12)13-8-5-9-14(11-10-13)24(17,22)23/h2-8,10-11H,9H2,1H3,(H,18,21)(H2,17,22,23). The lowest BCUT2D eigenvalue weighted by molar-refractivity contribution is 0.0845. The summed E-state index contributed by atoms with van der Waals surface area (Å²) in [6.07, 6.45) is 5.78. The van der Waals surface area contributed by atoms with Gasteiger partial charge in [-0.1, -0.05) is 24.3 Å². The van der Waals surface area contributed by atoms with Crippen LogP contribution in [0, 0.1) is 0 Å². The number of amides is 3. The summed E-state index contributed by atoms with van der Waals surface area (Å²) in [5.41, 5.74) is 0.567. The van der Waals surface area contributed by atoms with E-state index in [9.17, 15) is 18.0 Å². The van der Waals surface area contributed by atoms with Crippen molar-refractivity contribution in [3.8, 4) is 0 Å². The molecule has 24 heavy (non-hydrogen) atoms. The molecule has 1 aromatic carbocycles. The number of benzene rings is 1. The van der Waals surface area contributed by atoms with Gasteiger partial charge in [0.15, 0.2) is 0 Å². The molecule has 1 aliphatic rings. The number of carbonyl (C=O) groups excluding carboxylic acids is 2. The Balaban J connectivity index is 2.46. The third kappa shape index (κ3) is 3.98. The van der Waals surface area contributed by atoms with Crippen molar-refractivity contribution in [1.29, 1.82) is 0 Å². The number of rotatable bonds is 3. The Morgan fingerprint density at radius 1 is 1.17 bits per heavy atom. The monoisotopic (exact) mass is 347 g/mol. The van der Waals surface area contributed by atoms with E-state index in [1.807, 2.05) is 0 Å². The molecule has 2 rings (SSSR count). The number of sulfonamides is 1. The zero-order valence-electron chi connectivity index (χ0n) is 13.0. The Morgan fingerprint density at radius 3 is 2.42 bits per heavy atom. The maximum atomic E-state index is 12.7. The van der Waals surface area contributed by atoms with Gasteiger partial charge in [-0.3, -0.25) is 4.79 Å². The number of primary sulfonamides is 1. The molecule has 1 aromatic rings. The summed E-state index contributed by atoms with van der Waals surface area (Å²) in [6.45, 7) is 0. The average Bonchev–Trinajstić information content (AvgIpc) is 2.81. The van der Waals surface area contributed by atoms with E-state index in [0.717, 1.165) is 4.90 Å². The number of allylic oxidation sites excluding steroid dienone is 5. The van der Waals surface area contributed by atoms with Crippen LogP contribution in [0.1, 0.15) is 16.8 Å². The third-order valence-electron chi connectivity index (χ3n) is 3.31. The average molecular weight is 347 g/mol. The van der Waals surface area contributed by atoms with Crippen LogP contribution in [0.25, 0.3) is 0 Å². The Kier molecular flexibility index (Phi) is 5.32. The Hall–Kier alpha value is -2.71. The first-order valence-electron chi connectivity index (χ1n) is 7.06. The fraction of sp³-hybridized carbons (Fsp3) is 0.125. The molecule has 0 radical (unpaired) electrons. The molecule has 0 atom stereocenters. The number of imide groups is 1. The first-order chi connectivity index (χ1) is 11.3. The molecule has 0 heterocycles. The van der Waals surface area contributed by atoms with Crippen molar-refractivity contribution in [3.05, 3.63) is 70.8 Å². The van der Waals surface area contributed by atoms with Crippen LogP contribution in [0.2, 0.25) is 0 Å². The van der Waals surface area contributed by atoms with Crippen molar-refractivity contribution in [1.82, 2.24) is 10.2 Å². The van der Waals surface area contributed by atoms with Crippen LogP contribution in [0.5, 0.6) is 0 Å². The molecule has 0 bridgehead atoms. The Bertz CT molecular complexity index is 839. The van der Waals surface area contributed by atoms with Crippen molar-refractivity contribution in [3.63, 3.8) is 0 Å². The molecule has 126 valence electrons. The number of nitrogens with two attached hydrogens (primary N) is 1. The van der Waals surface area contributed by atoms with Gasteiger partial charge in [0, 0.05) is 19.0 Å². The predicted molar refractivity (Wildman–Crippen MR) is 90.1 cm³/mol. The topological polar surface area (TPSA) is 110 Å². The lowest BCUT2D eigenvalue weighted by atomic mass is 10.2. The lowest BCUT2D eigenvalue weighted by Gasteiger charge is -2.21. The van der Waals surface area contributed by atoms with Crippen molar-refractivity contribution >= 4 is 22.0 Å². The van der Waals surface area contributed by atoms with Gasteiger partial charge in [-0.15, -0.1) is 0 Å². The van der Waals surface area contributed by atoms with Gasteiger partial charge in [-0.05, 0) is 30.4 Å². The fourth-order valence-electron chi connectivity index (χ4n) is 2.11. The van der Waals surface area contributed by atoms with E-state index < -0.39 is 22.0 Å². The van der Waals surface area contributed by atoms with Gasteiger partial charge < -0.3 is 5.32 Å². The van der Waals surface area contributed by atoms with E-state index in [0.29, 0.717) is 5.56 Å². The summed E-state index contributed by atoms with van der Waals surface area (Å²) in [4.78, 5) is 25.8. The summed E-state index contributed by atoms with van der Waals surface area (Å²) in [6, 6.07) is 7.67. The van der Waals surface area contributed by atoms with Crippen LogP contribution < -0.4 is 10.5 Å². The largest absolute Gasteiger partial charge is 0.340 e. The minimum atomic E-state index is -3.84. The Morgan fingerprint density at radius 2 is 1.83 bits per heavy atom. The second-order valence-corrected chi connectivity index (χ2v) is 6.55.